The smallest absolute Gasteiger partial charge is 0.243 e. The van der Waals surface area contributed by atoms with Crippen molar-refractivity contribution in [3.05, 3.63) is 59.4 Å². The SMILES string of the molecule is Cl.O=S(=O)(c1ccc2c(c1)CCCO2)N1CCNCC1c1cccc(F)c1. The molecule has 2 aliphatic rings. The number of ether oxygens (including phenoxy) is 1. The summed E-state index contributed by atoms with van der Waals surface area (Å²) < 4.78 is 47.3. The molecule has 0 radical (unpaired) electrons. The van der Waals surface area contributed by atoms with Crippen molar-refractivity contribution >= 4 is 22.4 Å². The van der Waals surface area contributed by atoms with Gasteiger partial charge in [-0.15, -0.1) is 12.4 Å². The summed E-state index contributed by atoms with van der Waals surface area (Å²) in [5.74, 6) is 0.397. The Kier molecular flexibility index (Phi) is 6.05. The molecule has 8 heteroatoms. The molecule has 0 amide bonds. The number of nitrogens with one attached hydrogen (secondary N) is 1. The van der Waals surface area contributed by atoms with Gasteiger partial charge >= 0.3 is 0 Å². The summed E-state index contributed by atoms with van der Waals surface area (Å²) in [7, 11) is -3.69. The number of aryl methyl sites for hydroxylation is 1. The summed E-state index contributed by atoms with van der Waals surface area (Å²) in [5, 5.41) is 3.21. The van der Waals surface area contributed by atoms with Crippen LogP contribution in [0.3, 0.4) is 0 Å². The summed E-state index contributed by atoms with van der Waals surface area (Å²) in [4.78, 5) is 0.269. The second kappa shape index (κ2) is 8.14. The Bertz CT molecular complexity index is 923. The first-order valence-corrected chi connectivity index (χ1v) is 10.2. The second-order valence-corrected chi connectivity index (χ2v) is 8.50. The average molecular weight is 413 g/mol. The first-order valence-electron chi connectivity index (χ1n) is 8.79. The predicted molar refractivity (Wildman–Crippen MR) is 103 cm³/mol. The molecule has 1 fully saturated rings. The van der Waals surface area contributed by atoms with E-state index in [-0.39, 0.29) is 23.1 Å². The lowest BCUT2D eigenvalue weighted by Crippen LogP contribution is -2.48. The van der Waals surface area contributed by atoms with Crippen LogP contribution in [0, 0.1) is 5.82 Å². The minimum atomic E-state index is -3.69. The summed E-state index contributed by atoms with van der Waals surface area (Å²) >= 11 is 0. The van der Waals surface area contributed by atoms with E-state index in [2.05, 4.69) is 5.32 Å². The third-order valence-corrected chi connectivity index (χ3v) is 6.82. The zero-order valence-corrected chi connectivity index (χ0v) is 16.4. The molecule has 1 saturated heterocycles. The second-order valence-electron chi connectivity index (χ2n) is 6.61. The highest BCUT2D eigenvalue weighted by Crippen LogP contribution is 2.32. The maximum absolute atomic E-state index is 13.7. The summed E-state index contributed by atoms with van der Waals surface area (Å²) in [5.41, 5.74) is 1.58. The van der Waals surface area contributed by atoms with Gasteiger partial charge in [-0.3, -0.25) is 0 Å². The molecule has 0 spiro atoms. The normalized spacial score (nSPS) is 20.3. The van der Waals surface area contributed by atoms with Crippen LogP contribution in [0.15, 0.2) is 47.4 Å². The van der Waals surface area contributed by atoms with Gasteiger partial charge in [0.25, 0.3) is 0 Å². The molecule has 2 aromatic carbocycles. The molecule has 2 aliphatic heterocycles. The van der Waals surface area contributed by atoms with E-state index < -0.39 is 16.1 Å². The first kappa shape index (κ1) is 20.1. The van der Waals surface area contributed by atoms with Gasteiger partial charge in [-0.1, -0.05) is 12.1 Å². The molecule has 0 saturated carbocycles. The van der Waals surface area contributed by atoms with Crippen LogP contribution in [0.4, 0.5) is 4.39 Å². The molecule has 1 atom stereocenters. The molecule has 0 aromatic heterocycles. The molecule has 0 bridgehead atoms. The predicted octanol–water partition coefficient (Wildman–Crippen LogP) is 2.91. The van der Waals surface area contributed by atoms with E-state index >= 15 is 0 Å². The number of halogens is 2. The van der Waals surface area contributed by atoms with Crippen molar-refractivity contribution in [1.29, 1.82) is 0 Å². The lowest BCUT2D eigenvalue weighted by molar-refractivity contribution is 0.270. The van der Waals surface area contributed by atoms with Gasteiger partial charge in [0.15, 0.2) is 0 Å². The minimum absolute atomic E-state index is 0. The van der Waals surface area contributed by atoms with Crippen molar-refractivity contribution < 1.29 is 17.5 Å². The van der Waals surface area contributed by atoms with Gasteiger partial charge < -0.3 is 10.1 Å². The Morgan fingerprint density at radius 2 is 2.04 bits per heavy atom. The van der Waals surface area contributed by atoms with Gasteiger partial charge in [0.1, 0.15) is 11.6 Å². The lowest BCUT2D eigenvalue weighted by atomic mass is 10.1. The van der Waals surface area contributed by atoms with E-state index in [1.165, 1.54) is 16.4 Å². The minimum Gasteiger partial charge on any atom is -0.493 e. The summed E-state index contributed by atoms with van der Waals surface area (Å²) in [6.45, 7) is 2.03. The van der Waals surface area contributed by atoms with Gasteiger partial charge in [-0.05, 0) is 54.3 Å². The molecular weight excluding hydrogens is 391 g/mol. The Morgan fingerprint density at radius 3 is 2.85 bits per heavy atom. The van der Waals surface area contributed by atoms with Crippen LogP contribution in [0.25, 0.3) is 0 Å². The third-order valence-electron chi connectivity index (χ3n) is 4.91. The molecular formula is C19H22ClFN2O3S. The fourth-order valence-corrected chi connectivity index (χ4v) is 5.27. The van der Waals surface area contributed by atoms with Gasteiger partial charge in [-0.25, -0.2) is 12.8 Å². The lowest BCUT2D eigenvalue weighted by Gasteiger charge is -2.35. The Hall–Kier alpha value is -1.67. The topological polar surface area (TPSA) is 58.6 Å². The maximum atomic E-state index is 13.7. The largest absolute Gasteiger partial charge is 0.493 e. The highest BCUT2D eigenvalue weighted by Gasteiger charge is 2.35. The highest BCUT2D eigenvalue weighted by atomic mass is 35.5. The van der Waals surface area contributed by atoms with E-state index in [1.807, 2.05) is 0 Å². The van der Waals surface area contributed by atoms with Crippen LogP contribution in [0.5, 0.6) is 5.75 Å². The van der Waals surface area contributed by atoms with Crippen molar-refractivity contribution in [3.63, 3.8) is 0 Å². The molecule has 27 heavy (non-hydrogen) atoms. The van der Waals surface area contributed by atoms with Crippen LogP contribution in [0.2, 0.25) is 0 Å². The van der Waals surface area contributed by atoms with Crippen molar-refractivity contribution in [2.45, 2.75) is 23.8 Å². The molecule has 4 rings (SSSR count). The highest BCUT2D eigenvalue weighted by molar-refractivity contribution is 7.89. The number of hydrogen-bond donors (Lipinski definition) is 1. The van der Waals surface area contributed by atoms with Crippen molar-refractivity contribution in [1.82, 2.24) is 9.62 Å². The fourth-order valence-electron chi connectivity index (χ4n) is 3.60. The maximum Gasteiger partial charge on any atom is 0.243 e. The van der Waals surface area contributed by atoms with E-state index in [9.17, 15) is 12.8 Å². The molecule has 0 aliphatic carbocycles. The van der Waals surface area contributed by atoms with E-state index in [1.54, 1.807) is 30.3 Å². The van der Waals surface area contributed by atoms with Crippen molar-refractivity contribution in [2.24, 2.45) is 0 Å². The third kappa shape index (κ3) is 3.96. The number of rotatable bonds is 3. The van der Waals surface area contributed by atoms with Gasteiger partial charge in [0, 0.05) is 19.6 Å². The van der Waals surface area contributed by atoms with Crippen LogP contribution in [-0.2, 0) is 16.4 Å². The average Bonchev–Trinajstić information content (AvgIpc) is 2.67. The van der Waals surface area contributed by atoms with Crippen LogP contribution in [0.1, 0.15) is 23.6 Å². The molecule has 2 heterocycles. The number of sulfonamides is 1. The first-order chi connectivity index (χ1) is 12.6. The van der Waals surface area contributed by atoms with Crippen LogP contribution in [-0.4, -0.2) is 39.0 Å². The summed E-state index contributed by atoms with van der Waals surface area (Å²) in [6.07, 6.45) is 1.70. The molecule has 2 aromatic rings. The van der Waals surface area contributed by atoms with Gasteiger partial charge in [-0.2, -0.15) is 4.31 Å². The van der Waals surface area contributed by atoms with E-state index in [4.69, 9.17) is 4.74 Å². The van der Waals surface area contributed by atoms with E-state index in [0.29, 0.717) is 31.8 Å². The number of hydrogen-bond acceptors (Lipinski definition) is 4. The molecule has 146 valence electrons. The molecule has 1 unspecified atom stereocenters. The number of fused-ring (bicyclic) bond motifs is 1. The monoisotopic (exact) mass is 412 g/mol. The van der Waals surface area contributed by atoms with Gasteiger partial charge in [0.2, 0.25) is 10.0 Å². The number of benzene rings is 2. The van der Waals surface area contributed by atoms with E-state index in [0.717, 1.165) is 24.2 Å². The molecule has 1 N–H and O–H groups in total. The van der Waals surface area contributed by atoms with Gasteiger partial charge in [0.05, 0.1) is 17.5 Å². The number of piperazine rings is 1. The van der Waals surface area contributed by atoms with Crippen molar-refractivity contribution in [2.75, 3.05) is 26.2 Å². The Morgan fingerprint density at radius 1 is 1.19 bits per heavy atom. The van der Waals surface area contributed by atoms with Crippen LogP contribution < -0.4 is 10.1 Å². The quantitative estimate of drug-likeness (QED) is 0.842. The Balaban J connectivity index is 0.00000210. The zero-order valence-electron chi connectivity index (χ0n) is 14.7. The van der Waals surface area contributed by atoms with Crippen molar-refractivity contribution in [3.8, 4) is 5.75 Å². The van der Waals surface area contributed by atoms with Crippen LogP contribution >= 0.6 is 12.4 Å². The number of nitrogens with zero attached hydrogens (tertiary/aromatic N) is 1. The standard InChI is InChI=1S/C19H21FN2O3S.ClH/c20-16-5-1-3-14(11-16)18-13-21-8-9-22(18)26(23,24)17-6-7-19-15(12-17)4-2-10-25-19;/h1,3,5-7,11-12,18,21H,2,4,8-10,13H2;1H. The fraction of sp³-hybridized carbons (Fsp3) is 0.368. The Labute approximate surface area is 165 Å². The zero-order chi connectivity index (χ0) is 18.1. The molecule has 5 nitrogen and oxygen atoms in total. The summed E-state index contributed by atoms with van der Waals surface area (Å²) in [6, 6.07) is 10.8.